The van der Waals surface area contributed by atoms with E-state index in [1.54, 1.807) is 12.1 Å². The van der Waals surface area contributed by atoms with Gasteiger partial charge in [0.05, 0.1) is 4.90 Å². The lowest BCUT2D eigenvalue weighted by Gasteiger charge is -2.41. The van der Waals surface area contributed by atoms with Gasteiger partial charge >= 0.3 is 0 Å². The van der Waals surface area contributed by atoms with Gasteiger partial charge in [-0.25, -0.2) is 13.1 Å². The topological polar surface area (TPSA) is 58.2 Å². The fourth-order valence-corrected chi connectivity index (χ4v) is 4.89. The van der Waals surface area contributed by atoms with Gasteiger partial charge in [-0.3, -0.25) is 0 Å². The van der Waals surface area contributed by atoms with Crippen LogP contribution in [0.25, 0.3) is 0 Å². The molecule has 0 heterocycles. The quantitative estimate of drug-likeness (QED) is 0.770. The standard InChI is InChI=1S/C15H23BrN2O2S/c1-3-15(7-4-8-15)11-18-21(19,20)14-9-12(10-17-2)5-6-13(14)16/h5-6,9,17-18H,3-4,7-8,10-11H2,1-2H3. The Morgan fingerprint density at radius 3 is 2.57 bits per heavy atom. The predicted molar refractivity (Wildman–Crippen MR) is 88.7 cm³/mol. The van der Waals surface area contributed by atoms with Crippen molar-refractivity contribution < 1.29 is 8.42 Å². The van der Waals surface area contributed by atoms with Crippen molar-refractivity contribution in [3.05, 3.63) is 28.2 Å². The van der Waals surface area contributed by atoms with Gasteiger partial charge in [0.1, 0.15) is 0 Å². The summed E-state index contributed by atoms with van der Waals surface area (Å²) >= 11 is 3.35. The van der Waals surface area contributed by atoms with Gasteiger partial charge in [-0.05, 0) is 65.4 Å². The second-order valence-electron chi connectivity index (χ2n) is 5.83. The second kappa shape index (κ2) is 6.77. The molecule has 0 aliphatic heterocycles. The minimum absolute atomic E-state index is 0.169. The minimum Gasteiger partial charge on any atom is -0.316 e. The summed E-state index contributed by atoms with van der Waals surface area (Å²) in [6.45, 7) is 3.32. The fourth-order valence-electron chi connectivity index (χ4n) is 2.73. The third-order valence-electron chi connectivity index (χ3n) is 4.47. The molecular formula is C15H23BrN2O2S. The average Bonchev–Trinajstić information content (AvgIpc) is 2.40. The Kier molecular flexibility index (Phi) is 5.46. The van der Waals surface area contributed by atoms with E-state index < -0.39 is 10.0 Å². The predicted octanol–water partition coefficient (Wildman–Crippen LogP) is 3.03. The van der Waals surface area contributed by atoms with Crippen molar-refractivity contribution in [1.29, 1.82) is 0 Å². The first-order valence-corrected chi connectivity index (χ1v) is 9.63. The number of hydrogen-bond donors (Lipinski definition) is 2. The molecule has 0 saturated heterocycles. The van der Waals surface area contributed by atoms with Gasteiger partial charge < -0.3 is 5.32 Å². The van der Waals surface area contributed by atoms with Crippen LogP contribution in [0.2, 0.25) is 0 Å². The Hall–Kier alpha value is -0.430. The number of halogens is 1. The summed E-state index contributed by atoms with van der Waals surface area (Å²) in [5.41, 5.74) is 1.12. The number of rotatable bonds is 7. The first-order chi connectivity index (χ1) is 9.92. The molecule has 1 aromatic carbocycles. The van der Waals surface area contributed by atoms with E-state index in [4.69, 9.17) is 0 Å². The molecule has 0 unspecified atom stereocenters. The molecule has 2 N–H and O–H groups in total. The molecule has 0 radical (unpaired) electrons. The van der Waals surface area contributed by atoms with Gasteiger partial charge in [0.15, 0.2) is 0 Å². The fraction of sp³-hybridized carbons (Fsp3) is 0.600. The molecule has 0 spiro atoms. The smallest absolute Gasteiger partial charge is 0.241 e. The molecule has 21 heavy (non-hydrogen) atoms. The Morgan fingerprint density at radius 1 is 1.33 bits per heavy atom. The molecule has 1 aromatic rings. The summed E-state index contributed by atoms with van der Waals surface area (Å²) in [6, 6.07) is 5.43. The van der Waals surface area contributed by atoms with Crippen LogP contribution >= 0.6 is 15.9 Å². The molecule has 4 nitrogen and oxygen atoms in total. The summed E-state index contributed by atoms with van der Waals surface area (Å²) in [5, 5.41) is 3.04. The molecule has 2 rings (SSSR count). The maximum absolute atomic E-state index is 12.6. The summed E-state index contributed by atoms with van der Waals surface area (Å²) in [4.78, 5) is 0.320. The van der Waals surface area contributed by atoms with E-state index in [1.165, 1.54) is 6.42 Å². The van der Waals surface area contributed by atoms with E-state index in [0.717, 1.165) is 24.8 Å². The molecular weight excluding hydrogens is 352 g/mol. The van der Waals surface area contributed by atoms with E-state index in [1.807, 2.05) is 13.1 Å². The Bertz CT molecular complexity index is 592. The number of nitrogens with one attached hydrogen (secondary N) is 2. The minimum atomic E-state index is -3.48. The second-order valence-corrected chi connectivity index (χ2v) is 8.42. The molecule has 1 fully saturated rings. The van der Waals surface area contributed by atoms with Gasteiger partial charge in [-0.1, -0.05) is 19.4 Å². The molecule has 0 aromatic heterocycles. The van der Waals surface area contributed by atoms with Crippen molar-refractivity contribution in [3.63, 3.8) is 0 Å². The van der Waals surface area contributed by atoms with Gasteiger partial charge in [0.25, 0.3) is 0 Å². The largest absolute Gasteiger partial charge is 0.316 e. The molecule has 118 valence electrons. The van der Waals surface area contributed by atoms with E-state index in [9.17, 15) is 8.42 Å². The molecule has 0 amide bonds. The summed E-state index contributed by atoms with van der Waals surface area (Å²) < 4.78 is 28.5. The zero-order valence-corrected chi connectivity index (χ0v) is 15.0. The van der Waals surface area contributed by atoms with E-state index in [-0.39, 0.29) is 5.41 Å². The molecule has 0 bridgehead atoms. The van der Waals surface area contributed by atoms with Crippen LogP contribution in [0.15, 0.2) is 27.6 Å². The molecule has 1 saturated carbocycles. The van der Waals surface area contributed by atoms with Crippen LogP contribution < -0.4 is 10.0 Å². The van der Waals surface area contributed by atoms with E-state index >= 15 is 0 Å². The molecule has 1 aliphatic carbocycles. The number of hydrogen-bond acceptors (Lipinski definition) is 3. The lowest BCUT2D eigenvalue weighted by molar-refractivity contribution is 0.133. The van der Waals surface area contributed by atoms with Crippen LogP contribution in [0.4, 0.5) is 0 Å². The highest BCUT2D eigenvalue weighted by Crippen LogP contribution is 2.43. The zero-order valence-electron chi connectivity index (χ0n) is 12.6. The molecule has 6 heteroatoms. The molecule has 1 aliphatic rings. The third kappa shape index (κ3) is 3.86. The van der Waals surface area contributed by atoms with Crippen LogP contribution in [-0.4, -0.2) is 22.0 Å². The summed E-state index contributed by atoms with van der Waals surface area (Å²) in [6.07, 6.45) is 4.47. The Balaban J connectivity index is 2.17. The van der Waals surface area contributed by atoms with Crippen molar-refractivity contribution in [1.82, 2.24) is 10.0 Å². The van der Waals surface area contributed by atoms with Crippen LogP contribution in [0.5, 0.6) is 0 Å². The van der Waals surface area contributed by atoms with Crippen molar-refractivity contribution in [3.8, 4) is 0 Å². The number of benzene rings is 1. The SMILES string of the molecule is CCC1(CNS(=O)(=O)c2cc(CNC)ccc2Br)CCC1. The van der Waals surface area contributed by atoms with Gasteiger partial charge in [-0.15, -0.1) is 0 Å². The first kappa shape index (κ1) is 16.9. The van der Waals surface area contributed by atoms with Gasteiger partial charge in [-0.2, -0.15) is 0 Å². The number of sulfonamides is 1. The Morgan fingerprint density at radius 2 is 2.05 bits per heavy atom. The van der Waals surface area contributed by atoms with Crippen LogP contribution in [0.3, 0.4) is 0 Å². The highest BCUT2D eigenvalue weighted by molar-refractivity contribution is 9.10. The monoisotopic (exact) mass is 374 g/mol. The Labute approximate surface area is 135 Å². The maximum Gasteiger partial charge on any atom is 0.241 e. The van der Waals surface area contributed by atoms with Crippen LogP contribution in [-0.2, 0) is 16.6 Å². The van der Waals surface area contributed by atoms with Crippen LogP contribution in [0, 0.1) is 5.41 Å². The third-order valence-corrected chi connectivity index (χ3v) is 6.86. The average molecular weight is 375 g/mol. The van der Waals surface area contributed by atoms with E-state index in [2.05, 4.69) is 32.9 Å². The zero-order chi connectivity index (χ0) is 15.5. The summed E-state index contributed by atoms with van der Waals surface area (Å²) in [7, 11) is -1.63. The molecule has 0 atom stereocenters. The van der Waals surface area contributed by atoms with Gasteiger partial charge in [0.2, 0.25) is 10.0 Å². The lowest BCUT2D eigenvalue weighted by Crippen LogP contribution is -2.41. The normalized spacial score (nSPS) is 17.5. The van der Waals surface area contributed by atoms with Crippen molar-refractivity contribution in [2.24, 2.45) is 5.41 Å². The highest BCUT2D eigenvalue weighted by atomic mass is 79.9. The maximum atomic E-state index is 12.6. The first-order valence-electron chi connectivity index (χ1n) is 7.35. The summed E-state index contributed by atoms with van der Waals surface area (Å²) in [5.74, 6) is 0. The van der Waals surface area contributed by atoms with Crippen molar-refractivity contribution in [2.45, 2.75) is 44.0 Å². The van der Waals surface area contributed by atoms with E-state index in [0.29, 0.717) is 22.5 Å². The van der Waals surface area contributed by atoms with Crippen molar-refractivity contribution >= 4 is 26.0 Å². The van der Waals surface area contributed by atoms with Crippen LogP contribution in [0.1, 0.15) is 38.2 Å². The van der Waals surface area contributed by atoms with Gasteiger partial charge in [0, 0.05) is 17.6 Å². The highest BCUT2D eigenvalue weighted by Gasteiger charge is 2.36. The van der Waals surface area contributed by atoms with Crippen molar-refractivity contribution in [2.75, 3.05) is 13.6 Å². The lowest BCUT2D eigenvalue weighted by atomic mass is 9.67.